The van der Waals surface area contributed by atoms with Gasteiger partial charge in [0.15, 0.2) is 0 Å². The molecule has 39 heavy (non-hydrogen) atoms. The van der Waals surface area contributed by atoms with Gasteiger partial charge in [-0.1, -0.05) is 20.8 Å². The van der Waals surface area contributed by atoms with Gasteiger partial charge < -0.3 is 25.6 Å². The van der Waals surface area contributed by atoms with Crippen LogP contribution in [0.15, 0.2) is 0 Å². The predicted octanol–water partition coefficient (Wildman–Crippen LogP) is 1.01. The summed E-state index contributed by atoms with van der Waals surface area (Å²) >= 11 is 0. The summed E-state index contributed by atoms with van der Waals surface area (Å²) in [4.78, 5) is 53.1. The molecule has 2 saturated carbocycles. The fourth-order valence-electron chi connectivity index (χ4n) is 7.84. The number of likely N-dealkylation sites (tertiary alicyclic amines) is 1. The maximum Gasteiger partial charge on any atom is 0.471 e. The fraction of sp³-hybridized carbons (Fsp3) is 0.808. The van der Waals surface area contributed by atoms with E-state index < -0.39 is 64.3 Å². The minimum atomic E-state index is -5.19. The third-order valence-corrected chi connectivity index (χ3v) is 10.2. The van der Waals surface area contributed by atoms with Crippen molar-refractivity contribution >= 4 is 23.6 Å². The van der Waals surface area contributed by atoms with Crippen molar-refractivity contribution in [1.82, 2.24) is 20.9 Å². The van der Waals surface area contributed by atoms with Crippen LogP contribution < -0.4 is 16.0 Å². The van der Waals surface area contributed by atoms with E-state index in [2.05, 4.69) is 10.6 Å². The van der Waals surface area contributed by atoms with E-state index in [1.54, 1.807) is 6.92 Å². The molecular weight excluding hydrogens is 519 g/mol. The summed E-state index contributed by atoms with van der Waals surface area (Å²) in [6.45, 7) is 9.41. The second kappa shape index (κ2) is 8.08. The Hall–Kier alpha value is -2.88. The Morgan fingerprint density at radius 3 is 2.28 bits per heavy atom. The van der Waals surface area contributed by atoms with E-state index in [-0.39, 0.29) is 42.9 Å². The van der Waals surface area contributed by atoms with E-state index >= 15 is 0 Å². The van der Waals surface area contributed by atoms with E-state index in [0.29, 0.717) is 12.8 Å². The van der Waals surface area contributed by atoms with Crippen LogP contribution in [0.25, 0.3) is 0 Å². The number of nitrogens with zero attached hydrogens (tertiary/aromatic N) is 2. The molecule has 214 valence electrons. The van der Waals surface area contributed by atoms with Crippen LogP contribution in [-0.2, 0) is 23.9 Å². The van der Waals surface area contributed by atoms with Crippen molar-refractivity contribution in [2.45, 2.75) is 83.7 Å². The molecule has 10 nitrogen and oxygen atoms in total. The lowest BCUT2D eigenvalue weighted by Crippen LogP contribution is -2.67. The number of halogens is 3. The Labute approximate surface area is 224 Å². The number of piperidine rings is 2. The molecule has 0 aromatic carbocycles. The van der Waals surface area contributed by atoms with Gasteiger partial charge in [0.1, 0.15) is 18.1 Å². The number of amides is 4. The fourth-order valence-corrected chi connectivity index (χ4v) is 7.84. The quantitative estimate of drug-likeness (QED) is 0.430. The number of nitrogens with one attached hydrogen (secondary N) is 3. The van der Waals surface area contributed by atoms with Gasteiger partial charge in [-0.2, -0.15) is 18.4 Å². The number of hydrogen-bond acceptors (Lipinski definition) is 6. The molecule has 0 aromatic heterocycles. The average molecular weight is 554 g/mol. The van der Waals surface area contributed by atoms with E-state index in [1.165, 1.54) is 4.90 Å². The molecule has 2 unspecified atom stereocenters. The van der Waals surface area contributed by atoms with Gasteiger partial charge in [0.05, 0.1) is 19.3 Å². The van der Waals surface area contributed by atoms with Crippen LogP contribution >= 0.6 is 0 Å². The first-order valence-electron chi connectivity index (χ1n) is 13.1. The molecule has 6 atom stereocenters. The normalized spacial score (nSPS) is 35.8. The summed E-state index contributed by atoms with van der Waals surface area (Å²) in [6, 6.07) is -1.51. The van der Waals surface area contributed by atoms with Crippen LogP contribution in [0.2, 0.25) is 0 Å². The van der Waals surface area contributed by atoms with Crippen molar-refractivity contribution in [3.63, 3.8) is 0 Å². The summed E-state index contributed by atoms with van der Waals surface area (Å²) in [6.07, 6.45) is -3.91. The number of rotatable bonds is 7. The summed E-state index contributed by atoms with van der Waals surface area (Å²) in [5, 5.41) is 17.2. The zero-order chi connectivity index (χ0) is 29.0. The second-order valence-corrected chi connectivity index (χ2v) is 13.5. The molecule has 13 heteroatoms. The van der Waals surface area contributed by atoms with Crippen molar-refractivity contribution in [2.24, 2.45) is 27.6 Å². The maximum atomic E-state index is 13.8. The van der Waals surface area contributed by atoms with Crippen molar-refractivity contribution in [3.05, 3.63) is 0 Å². The van der Waals surface area contributed by atoms with E-state index in [4.69, 9.17) is 4.74 Å². The number of nitriles is 1. The highest BCUT2D eigenvalue weighted by molar-refractivity contribution is 5.97. The molecule has 3 N–H and O–H groups in total. The molecule has 5 fully saturated rings. The molecule has 5 aliphatic rings. The number of ether oxygens (including phenoxy) is 1. The molecule has 3 saturated heterocycles. The molecular formula is C26H34F3N5O5. The largest absolute Gasteiger partial charge is 0.471 e. The topological polar surface area (TPSA) is 141 Å². The van der Waals surface area contributed by atoms with Crippen molar-refractivity contribution < 1.29 is 37.1 Å². The highest BCUT2D eigenvalue weighted by Crippen LogP contribution is 3.00. The van der Waals surface area contributed by atoms with Gasteiger partial charge in [-0.3, -0.25) is 19.2 Å². The first kappa shape index (κ1) is 27.7. The number of alkyl halides is 3. The smallest absolute Gasteiger partial charge is 0.380 e. The van der Waals surface area contributed by atoms with Crippen LogP contribution in [0.4, 0.5) is 13.2 Å². The lowest BCUT2D eigenvalue weighted by Gasteiger charge is -2.47. The van der Waals surface area contributed by atoms with Gasteiger partial charge in [-0.15, -0.1) is 0 Å². The molecule has 3 heterocycles. The third-order valence-electron chi connectivity index (χ3n) is 10.2. The maximum absolute atomic E-state index is 13.8. The number of hydrogen-bond donors (Lipinski definition) is 3. The molecule has 5 rings (SSSR count). The predicted molar refractivity (Wildman–Crippen MR) is 128 cm³/mol. The second-order valence-electron chi connectivity index (χ2n) is 13.5. The zero-order valence-corrected chi connectivity index (χ0v) is 22.6. The number of carbonyl (C=O) groups excluding carboxylic acids is 4. The first-order valence-corrected chi connectivity index (χ1v) is 13.1. The molecule has 4 amide bonds. The lowest BCUT2D eigenvalue weighted by molar-refractivity contribution is -0.183. The Balaban J connectivity index is 1.38. The molecule has 0 radical (unpaired) electrons. The molecule has 0 aromatic rings. The van der Waals surface area contributed by atoms with Gasteiger partial charge >= 0.3 is 12.1 Å². The Kier molecular flexibility index (Phi) is 5.74. The molecule has 0 spiro atoms. The van der Waals surface area contributed by atoms with Crippen LogP contribution in [0.1, 0.15) is 53.9 Å². The zero-order valence-electron chi connectivity index (χ0n) is 22.6. The minimum Gasteiger partial charge on any atom is -0.380 e. The SMILES string of the molecule is CC1(C)C[C@@H](C[C@@H](C#N)NC(=O)[C@H]2N(C(=O)[C@@H](NC(=O)C(F)(F)F)C3(C)COC3)CC34CC23C4(C)C)C(=O)N1. The Morgan fingerprint density at radius 1 is 1.18 bits per heavy atom. The van der Waals surface area contributed by atoms with Gasteiger partial charge in [0.2, 0.25) is 17.7 Å². The highest BCUT2D eigenvalue weighted by atomic mass is 19.4. The summed E-state index contributed by atoms with van der Waals surface area (Å²) in [5.74, 6) is -4.25. The van der Waals surface area contributed by atoms with Crippen molar-refractivity contribution in [3.8, 4) is 6.07 Å². The van der Waals surface area contributed by atoms with Gasteiger partial charge in [-0.25, -0.2) is 0 Å². The van der Waals surface area contributed by atoms with Gasteiger partial charge in [-0.05, 0) is 38.5 Å². The Morgan fingerprint density at radius 2 is 1.82 bits per heavy atom. The monoisotopic (exact) mass is 553 g/mol. The summed E-state index contributed by atoms with van der Waals surface area (Å²) < 4.78 is 44.6. The minimum absolute atomic E-state index is 0.0235. The lowest BCUT2D eigenvalue weighted by atomic mass is 9.77. The van der Waals surface area contributed by atoms with E-state index in [9.17, 15) is 37.6 Å². The van der Waals surface area contributed by atoms with E-state index in [1.807, 2.05) is 39.1 Å². The van der Waals surface area contributed by atoms with Crippen LogP contribution in [-0.4, -0.2) is 78.1 Å². The van der Waals surface area contributed by atoms with Gasteiger partial charge in [0.25, 0.3) is 0 Å². The first-order chi connectivity index (χ1) is 17.9. The van der Waals surface area contributed by atoms with Crippen LogP contribution in [0.5, 0.6) is 0 Å². The third kappa shape index (κ3) is 3.77. The molecule has 3 aliphatic heterocycles. The van der Waals surface area contributed by atoms with Gasteiger partial charge in [0, 0.05) is 34.2 Å². The number of carbonyl (C=O) groups is 4. The standard InChI is InChI=1S/C26H34F3N5O5/c1-21(2)7-13(17(35)33-21)6-14(8-30)31-18(36)16-25-9-24(25,22(25,3)4)10-34(16)19(37)15(23(5)11-39-12-23)32-20(38)26(27,28)29/h13-16H,6-7,9-12H2,1-5H3,(H,31,36)(H,32,38)(H,33,35)/t13-,14+,15-,16-,24?,25?/m1/s1. The van der Waals surface area contributed by atoms with Crippen LogP contribution in [0.3, 0.4) is 0 Å². The average Bonchev–Trinajstić information content (AvgIpc) is 3.45. The Bertz CT molecular complexity index is 1190. The van der Waals surface area contributed by atoms with Crippen LogP contribution in [0, 0.1) is 38.9 Å². The molecule has 2 aliphatic carbocycles. The summed E-state index contributed by atoms with van der Waals surface area (Å²) in [7, 11) is 0. The highest BCUT2D eigenvalue weighted by Gasteiger charge is 3.02. The van der Waals surface area contributed by atoms with Crippen molar-refractivity contribution in [2.75, 3.05) is 19.8 Å². The molecule has 0 bridgehead atoms. The van der Waals surface area contributed by atoms with Crippen molar-refractivity contribution in [1.29, 1.82) is 5.26 Å². The summed E-state index contributed by atoms with van der Waals surface area (Å²) in [5.41, 5.74) is -2.67. The van der Waals surface area contributed by atoms with E-state index in [0.717, 1.165) is 0 Å².